The van der Waals surface area contributed by atoms with Crippen LogP contribution < -0.4 is 9.47 Å². The van der Waals surface area contributed by atoms with E-state index in [0.29, 0.717) is 22.6 Å². The van der Waals surface area contributed by atoms with Crippen molar-refractivity contribution in [1.82, 2.24) is 0 Å². The van der Waals surface area contributed by atoms with Gasteiger partial charge < -0.3 is 9.47 Å². The highest BCUT2D eigenvalue weighted by Gasteiger charge is 2.18. The van der Waals surface area contributed by atoms with Gasteiger partial charge in [-0.3, -0.25) is 4.79 Å². The zero-order chi connectivity index (χ0) is 14.7. The summed E-state index contributed by atoms with van der Waals surface area (Å²) in [5, 5.41) is 0. The van der Waals surface area contributed by atoms with E-state index in [-0.39, 0.29) is 11.3 Å². The molecule has 0 bridgehead atoms. The SMILES string of the molecule is COc1cccc(C(=O)c2cc(C)cc(F)c2)c1OC. The molecule has 0 saturated carbocycles. The van der Waals surface area contributed by atoms with Gasteiger partial charge >= 0.3 is 0 Å². The second-order valence-electron chi connectivity index (χ2n) is 4.39. The first-order chi connectivity index (χ1) is 9.56. The van der Waals surface area contributed by atoms with E-state index in [1.54, 1.807) is 31.2 Å². The van der Waals surface area contributed by atoms with Crippen LogP contribution in [0.15, 0.2) is 36.4 Å². The third kappa shape index (κ3) is 2.64. The maximum absolute atomic E-state index is 13.4. The Morgan fingerprint density at radius 2 is 1.85 bits per heavy atom. The Morgan fingerprint density at radius 1 is 1.10 bits per heavy atom. The number of ketones is 1. The molecule has 0 fully saturated rings. The second-order valence-corrected chi connectivity index (χ2v) is 4.39. The normalized spacial score (nSPS) is 10.2. The molecule has 2 rings (SSSR count). The topological polar surface area (TPSA) is 35.5 Å². The number of ether oxygens (including phenoxy) is 2. The summed E-state index contributed by atoms with van der Waals surface area (Å²) in [6, 6.07) is 9.26. The summed E-state index contributed by atoms with van der Waals surface area (Å²) < 4.78 is 23.8. The van der Waals surface area contributed by atoms with Crippen LogP contribution in [-0.2, 0) is 0 Å². The molecule has 2 aromatic rings. The molecular formula is C16H15FO3. The fourth-order valence-electron chi connectivity index (χ4n) is 2.09. The minimum Gasteiger partial charge on any atom is -0.493 e. The van der Waals surface area contributed by atoms with Gasteiger partial charge in [0.05, 0.1) is 19.8 Å². The highest BCUT2D eigenvalue weighted by molar-refractivity contribution is 6.11. The Kier molecular flexibility index (Phi) is 4.03. The molecule has 20 heavy (non-hydrogen) atoms. The smallest absolute Gasteiger partial charge is 0.197 e. The zero-order valence-corrected chi connectivity index (χ0v) is 11.6. The predicted octanol–water partition coefficient (Wildman–Crippen LogP) is 3.38. The molecule has 3 nitrogen and oxygen atoms in total. The number of para-hydroxylation sites is 1. The molecule has 4 heteroatoms. The van der Waals surface area contributed by atoms with Gasteiger partial charge in [0, 0.05) is 5.56 Å². The van der Waals surface area contributed by atoms with Crippen molar-refractivity contribution in [1.29, 1.82) is 0 Å². The largest absolute Gasteiger partial charge is 0.493 e. The standard InChI is InChI=1S/C16H15FO3/c1-10-7-11(9-12(17)8-10)15(18)13-5-4-6-14(19-2)16(13)20-3/h4-9H,1-3H3. The van der Waals surface area contributed by atoms with Crippen molar-refractivity contribution in [3.63, 3.8) is 0 Å². The van der Waals surface area contributed by atoms with Crippen LogP contribution in [-0.4, -0.2) is 20.0 Å². The van der Waals surface area contributed by atoms with Gasteiger partial charge in [-0.2, -0.15) is 0 Å². The highest BCUT2D eigenvalue weighted by atomic mass is 19.1. The maximum Gasteiger partial charge on any atom is 0.197 e. The average molecular weight is 274 g/mol. The van der Waals surface area contributed by atoms with Crippen LogP contribution in [0.25, 0.3) is 0 Å². The van der Waals surface area contributed by atoms with Crippen molar-refractivity contribution in [2.24, 2.45) is 0 Å². The van der Waals surface area contributed by atoms with Crippen LogP contribution >= 0.6 is 0 Å². The second kappa shape index (κ2) is 5.74. The van der Waals surface area contributed by atoms with Crippen molar-refractivity contribution in [3.8, 4) is 11.5 Å². The zero-order valence-electron chi connectivity index (χ0n) is 11.6. The molecule has 0 atom stereocenters. The average Bonchev–Trinajstić information content (AvgIpc) is 2.44. The highest BCUT2D eigenvalue weighted by Crippen LogP contribution is 2.32. The Morgan fingerprint density at radius 3 is 2.45 bits per heavy atom. The van der Waals surface area contributed by atoms with Crippen LogP contribution in [0.4, 0.5) is 4.39 Å². The first-order valence-electron chi connectivity index (χ1n) is 6.09. The van der Waals surface area contributed by atoms with Crippen LogP contribution in [0.5, 0.6) is 11.5 Å². The first-order valence-corrected chi connectivity index (χ1v) is 6.09. The summed E-state index contributed by atoms with van der Waals surface area (Å²) in [6.07, 6.45) is 0. The lowest BCUT2D eigenvalue weighted by Gasteiger charge is -2.12. The third-order valence-corrected chi connectivity index (χ3v) is 2.95. The fraction of sp³-hybridized carbons (Fsp3) is 0.188. The number of methoxy groups -OCH3 is 2. The number of hydrogen-bond acceptors (Lipinski definition) is 3. The fourth-order valence-corrected chi connectivity index (χ4v) is 2.09. The van der Waals surface area contributed by atoms with Crippen LogP contribution in [0.3, 0.4) is 0 Å². The molecule has 0 amide bonds. The Balaban J connectivity index is 2.53. The predicted molar refractivity (Wildman–Crippen MR) is 74.1 cm³/mol. The van der Waals surface area contributed by atoms with Crippen molar-refractivity contribution in [3.05, 3.63) is 58.9 Å². The number of halogens is 1. The Labute approximate surface area is 117 Å². The number of hydrogen-bond donors (Lipinski definition) is 0. The summed E-state index contributed by atoms with van der Waals surface area (Å²) >= 11 is 0. The van der Waals surface area contributed by atoms with E-state index in [0.717, 1.165) is 0 Å². The molecule has 0 saturated heterocycles. The van der Waals surface area contributed by atoms with E-state index in [1.165, 1.54) is 26.4 Å². The van der Waals surface area contributed by atoms with Gasteiger partial charge in [-0.1, -0.05) is 6.07 Å². The van der Waals surface area contributed by atoms with E-state index < -0.39 is 5.82 Å². The van der Waals surface area contributed by atoms with Crippen LogP contribution in [0.1, 0.15) is 21.5 Å². The summed E-state index contributed by atoms with van der Waals surface area (Å²) in [5.41, 5.74) is 1.32. The van der Waals surface area contributed by atoms with E-state index in [9.17, 15) is 9.18 Å². The molecule has 0 spiro atoms. The first kappa shape index (κ1) is 14.1. The third-order valence-electron chi connectivity index (χ3n) is 2.95. The minimum atomic E-state index is -0.435. The molecule has 0 unspecified atom stereocenters. The summed E-state index contributed by atoms with van der Waals surface area (Å²) in [4.78, 5) is 12.5. The minimum absolute atomic E-state index is 0.286. The van der Waals surface area contributed by atoms with Gasteiger partial charge in [0.1, 0.15) is 5.82 Å². The van der Waals surface area contributed by atoms with Gasteiger partial charge in [0.25, 0.3) is 0 Å². The lowest BCUT2D eigenvalue weighted by atomic mass is 10.0. The van der Waals surface area contributed by atoms with Gasteiger partial charge in [-0.25, -0.2) is 4.39 Å². The molecule has 0 radical (unpaired) electrons. The van der Waals surface area contributed by atoms with Crippen molar-refractivity contribution in [2.75, 3.05) is 14.2 Å². The molecule has 0 N–H and O–H groups in total. The lowest BCUT2D eigenvalue weighted by Crippen LogP contribution is -2.06. The van der Waals surface area contributed by atoms with Crippen molar-refractivity contribution >= 4 is 5.78 Å². The van der Waals surface area contributed by atoms with E-state index >= 15 is 0 Å². The Bertz CT molecular complexity index is 630. The number of aryl methyl sites for hydroxylation is 1. The van der Waals surface area contributed by atoms with Crippen LogP contribution in [0.2, 0.25) is 0 Å². The molecule has 0 aromatic heterocycles. The summed E-state index contributed by atoms with van der Waals surface area (Å²) in [6.45, 7) is 1.74. The molecule has 0 heterocycles. The van der Waals surface area contributed by atoms with Gasteiger partial charge in [0.15, 0.2) is 17.3 Å². The van der Waals surface area contributed by atoms with Crippen LogP contribution in [0, 0.1) is 12.7 Å². The van der Waals surface area contributed by atoms with Crippen molar-refractivity contribution < 1.29 is 18.7 Å². The molecule has 0 aliphatic rings. The summed E-state index contributed by atoms with van der Waals surface area (Å²) in [5.74, 6) is 0.0759. The Hall–Kier alpha value is -2.36. The van der Waals surface area contributed by atoms with Gasteiger partial charge in [-0.05, 0) is 42.8 Å². The lowest BCUT2D eigenvalue weighted by molar-refractivity contribution is 0.103. The quantitative estimate of drug-likeness (QED) is 0.802. The van der Waals surface area contributed by atoms with Gasteiger partial charge in [-0.15, -0.1) is 0 Å². The van der Waals surface area contributed by atoms with Crippen molar-refractivity contribution in [2.45, 2.75) is 6.92 Å². The summed E-state index contributed by atoms with van der Waals surface area (Å²) in [7, 11) is 2.96. The number of carbonyl (C=O) groups is 1. The molecule has 2 aromatic carbocycles. The number of benzene rings is 2. The molecule has 104 valence electrons. The van der Waals surface area contributed by atoms with E-state index in [1.807, 2.05) is 0 Å². The number of carbonyl (C=O) groups excluding carboxylic acids is 1. The maximum atomic E-state index is 13.4. The monoisotopic (exact) mass is 274 g/mol. The number of rotatable bonds is 4. The van der Waals surface area contributed by atoms with E-state index in [4.69, 9.17) is 9.47 Å². The molecule has 0 aliphatic carbocycles. The molecular weight excluding hydrogens is 259 g/mol. The van der Waals surface area contributed by atoms with E-state index in [2.05, 4.69) is 0 Å². The molecule has 0 aliphatic heterocycles. The van der Waals surface area contributed by atoms with Gasteiger partial charge in [0.2, 0.25) is 0 Å².